The van der Waals surface area contributed by atoms with Crippen LogP contribution in [0.1, 0.15) is 16.2 Å². The number of pyridine rings is 1. The normalized spacial score (nSPS) is 11.1. The first-order valence-electron chi connectivity index (χ1n) is 7.08. The van der Waals surface area contributed by atoms with Crippen LogP contribution in [0.3, 0.4) is 0 Å². The number of aliphatic hydroxyl groups excluding tert-OH is 1. The third kappa shape index (κ3) is 3.20. The molecule has 8 heteroatoms. The number of aromatic nitrogens is 4. The van der Waals surface area contributed by atoms with E-state index in [0.717, 1.165) is 5.69 Å². The lowest BCUT2D eigenvalue weighted by Crippen LogP contribution is -2.33. The minimum absolute atomic E-state index is 0.122. The maximum absolute atomic E-state index is 12.7. The second kappa shape index (κ2) is 6.39. The maximum atomic E-state index is 12.7. The molecule has 3 aromatic heterocycles. The van der Waals surface area contributed by atoms with Crippen molar-refractivity contribution < 1.29 is 9.90 Å². The summed E-state index contributed by atoms with van der Waals surface area (Å²) in [5, 5.41) is 9.81. The van der Waals surface area contributed by atoms with Crippen LogP contribution in [0.2, 0.25) is 5.02 Å². The summed E-state index contributed by atoms with van der Waals surface area (Å²) in [6.45, 7) is 0.450. The van der Waals surface area contributed by atoms with E-state index in [4.69, 9.17) is 11.6 Å². The number of hydrogen-bond donors (Lipinski definition) is 1. The predicted octanol–water partition coefficient (Wildman–Crippen LogP) is 1.36. The van der Waals surface area contributed by atoms with E-state index in [9.17, 15) is 9.90 Å². The highest BCUT2D eigenvalue weighted by atomic mass is 35.5. The van der Waals surface area contributed by atoms with E-state index in [2.05, 4.69) is 9.97 Å². The van der Waals surface area contributed by atoms with Crippen LogP contribution in [0.4, 0.5) is 0 Å². The second-order valence-electron chi connectivity index (χ2n) is 5.19. The molecule has 3 rings (SSSR count). The molecule has 120 valence electrons. The minimum Gasteiger partial charge on any atom is -0.395 e. The summed E-state index contributed by atoms with van der Waals surface area (Å²) in [4.78, 5) is 22.6. The van der Waals surface area contributed by atoms with Gasteiger partial charge in [-0.1, -0.05) is 11.6 Å². The number of rotatable bonds is 5. The molecule has 0 saturated heterocycles. The second-order valence-corrected chi connectivity index (χ2v) is 5.62. The monoisotopic (exact) mass is 333 g/mol. The van der Waals surface area contributed by atoms with Gasteiger partial charge in [-0.15, -0.1) is 0 Å². The van der Waals surface area contributed by atoms with Crippen molar-refractivity contribution in [3.05, 3.63) is 53.5 Å². The SMILES string of the molecule is Cn1cncc1CN(CCO)C(=O)c1cn2cc(Cl)ccc2n1. The van der Waals surface area contributed by atoms with Gasteiger partial charge in [-0.05, 0) is 12.1 Å². The largest absolute Gasteiger partial charge is 0.395 e. The van der Waals surface area contributed by atoms with Crippen molar-refractivity contribution in [3.8, 4) is 0 Å². The zero-order valence-electron chi connectivity index (χ0n) is 12.6. The number of carbonyl (C=O) groups is 1. The molecule has 0 saturated carbocycles. The van der Waals surface area contributed by atoms with E-state index >= 15 is 0 Å². The lowest BCUT2D eigenvalue weighted by atomic mass is 10.3. The van der Waals surface area contributed by atoms with Gasteiger partial charge >= 0.3 is 0 Å². The van der Waals surface area contributed by atoms with Crippen LogP contribution in [-0.2, 0) is 13.6 Å². The van der Waals surface area contributed by atoms with Gasteiger partial charge in [-0.25, -0.2) is 9.97 Å². The number of carbonyl (C=O) groups excluding carboxylic acids is 1. The molecule has 0 unspecified atom stereocenters. The molecule has 7 nitrogen and oxygen atoms in total. The quantitative estimate of drug-likeness (QED) is 0.765. The van der Waals surface area contributed by atoms with Crippen molar-refractivity contribution in [2.75, 3.05) is 13.2 Å². The lowest BCUT2D eigenvalue weighted by molar-refractivity contribution is 0.0699. The molecule has 0 aromatic carbocycles. The highest BCUT2D eigenvalue weighted by Crippen LogP contribution is 2.14. The molecule has 1 N–H and O–H groups in total. The van der Waals surface area contributed by atoms with Gasteiger partial charge in [-0.2, -0.15) is 0 Å². The van der Waals surface area contributed by atoms with Crippen LogP contribution >= 0.6 is 11.6 Å². The van der Waals surface area contributed by atoms with Gasteiger partial charge in [0, 0.05) is 32.2 Å². The molecule has 23 heavy (non-hydrogen) atoms. The summed E-state index contributed by atoms with van der Waals surface area (Å²) >= 11 is 5.95. The highest BCUT2D eigenvalue weighted by molar-refractivity contribution is 6.30. The molecule has 0 aliphatic carbocycles. The Bertz CT molecular complexity index is 841. The van der Waals surface area contributed by atoms with E-state index in [1.807, 2.05) is 11.6 Å². The summed E-state index contributed by atoms with van der Waals surface area (Å²) < 4.78 is 3.54. The summed E-state index contributed by atoms with van der Waals surface area (Å²) in [5.41, 5.74) is 1.82. The molecule has 0 aliphatic heterocycles. The van der Waals surface area contributed by atoms with Gasteiger partial charge in [0.1, 0.15) is 11.3 Å². The molecular formula is C15H16ClN5O2. The van der Waals surface area contributed by atoms with Crippen LogP contribution in [0.25, 0.3) is 5.65 Å². The number of halogens is 1. The highest BCUT2D eigenvalue weighted by Gasteiger charge is 2.20. The third-order valence-corrected chi connectivity index (χ3v) is 3.78. The Morgan fingerprint density at radius 1 is 1.39 bits per heavy atom. The number of aryl methyl sites for hydroxylation is 1. The Balaban J connectivity index is 1.88. The lowest BCUT2D eigenvalue weighted by Gasteiger charge is -2.20. The zero-order valence-corrected chi connectivity index (χ0v) is 13.3. The average molecular weight is 334 g/mol. The maximum Gasteiger partial charge on any atom is 0.274 e. The molecule has 0 aliphatic rings. The van der Waals surface area contributed by atoms with E-state index in [1.54, 1.807) is 46.4 Å². The smallest absolute Gasteiger partial charge is 0.274 e. The average Bonchev–Trinajstić information content (AvgIpc) is 3.12. The zero-order chi connectivity index (χ0) is 16.4. The van der Waals surface area contributed by atoms with Gasteiger partial charge in [0.05, 0.1) is 30.2 Å². The molecule has 0 bridgehead atoms. The van der Waals surface area contributed by atoms with Gasteiger partial charge in [0.25, 0.3) is 5.91 Å². The third-order valence-electron chi connectivity index (χ3n) is 3.56. The topological polar surface area (TPSA) is 75.7 Å². The molecule has 1 amide bonds. The number of imidazole rings is 2. The number of nitrogens with zero attached hydrogens (tertiary/aromatic N) is 5. The van der Waals surface area contributed by atoms with E-state index in [1.165, 1.54) is 0 Å². The van der Waals surface area contributed by atoms with E-state index in [0.29, 0.717) is 22.9 Å². The number of fused-ring (bicyclic) bond motifs is 1. The fourth-order valence-electron chi connectivity index (χ4n) is 2.34. The summed E-state index contributed by atoms with van der Waals surface area (Å²) in [6.07, 6.45) is 6.69. The van der Waals surface area contributed by atoms with Gasteiger partial charge < -0.3 is 19.0 Å². The van der Waals surface area contributed by atoms with Gasteiger partial charge in [0.15, 0.2) is 0 Å². The first-order valence-corrected chi connectivity index (χ1v) is 7.46. The van der Waals surface area contributed by atoms with Crippen LogP contribution in [0.5, 0.6) is 0 Å². The molecule has 3 heterocycles. The van der Waals surface area contributed by atoms with Crippen molar-refractivity contribution in [1.82, 2.24) is 23.8 Å². The minimum atomic E-state index is -0.250. The Kier molecular flexibility index (Phi) is 4.31. The van der Waals surface area contributed by atoms with Crippen molar-refractivity contribution in [3.63, 3.8) is 0 Å². The number of hydrogen-bond acceptors (Lipinski definition) is 4. The van der Waals surface area contributed by atoms with Gasteiger partial charge in [0.2, 0.25) is 0 Å². The van der Waals surface area contributed by atoms with Crippen molar-refractivity contribution in [1.29, 1.82) is 0 Å². The molecule has 0 atom stereocenters. The summed E-state index contributed by atoms with van der Waals surface area (Å²) in [7, 11) is 1.86. The Labute approximate surface area is 137 Å². The van der Waals surface area contributed by atoms with Crippen LogP contribution in [0, 0.1) is 0 Å². The Morgan fingerprint density at radius 3 is 2.91 bits per heavy atom. The Hall–Kier alpha value is -2.38. The molecule has 0 radical (unpaired) electrons. The van der Waals surface area contributed by atoms with Crippen molar-refractivity contribution in [2.24, 2.45) is 7.05 Å². The standard InChI is InChI=1S/C15H16ClN5O2/c1-19-10-17-6-12(19)8-20(4-5-22)15(23)13-9-21-7-11(16)2-3-14(21)18-13/h2-3,6-7,9-10,22H,4-5,8H2,1H3. The van der Waals surface area contributed by atoms with E-state index in [-0.39, 0.29) is 19.1 Å². The predicted molar refractivity (Wildman–Crippen MR) is 85.2 cm³/mol. The van der Waals surface area contributed by atoms with Crippen LogP contribution in [0.15, 0.2) is 37.1 Å². The fraction of sp³-hybridized carbons (Fsp3) is 0.267. The summed E-state index contributed by atoms with van der Waals surface area (Å²) in [6, 6.07) is 3.47. The van der Waals surface area contributed by atoms with Gasteiger partial charge in [-0.3, -0.25) is 4.79 Å². The first kappa shape index (κ1) is 15.5. The van der Waals surface area contributed by atoms with E-state index < -0.39 is 0 Å². The van der Waals surface area contributed by atoms with Crippen LogP contribution < -0.4 is 0 Å². The molecule has 3 aromatic rings. The molecule has 0 spiro atoms. The number of amides is 1. The van der Waals surface area contributed by atoms with Crippen LogP contribution in [-0.4, -0.2) is 48.0 Å². The Morgan fingerprint density at radius 2 is 2.22 bits per heavy atom. The van der Waals surface area contributed by atoms with Crippen molar-refractivity contribution >= 4 is 23.2 Å². The fourth-order valence-corrected chi connectivity index (χ4v) is 2.50. The molecule has 0 fully saturated rings. The molecular weight excluding hydrogens is 318 g/mol. The van der Waals surface area contributed by atoms with Crippen molar-refractivity contribution in [2.45, 2.75) is 6.54 Å². The summed E-state index contributed by atoms with van der Waals surface area (Å²) in [5.74, 6) is -0.250. The number of aliphatic hydroxyl groups is 1. The first-order chi connectivity index (χ1) is 11.1.